The molecule has 1 aliphatic rings. The zero-order valence-electron chi connectivity index (χ0n) is 11.4. The van der Waals surface area contributed by atoms with E-state index in [9.17, 15) is 4.79 Å². The molecule has 2 aromatic carbocycles. The third-order valence-corrected chi connectivity index (χ3v) is 5.13. The van der Waals surface area contributed by atoms with Crippen LogP contribution in [0.1, 0.15) is 15.2 Å². The average Bonchev–Trinajstić information content (AvgIpc) is 3.09. The smallest absolute Gasteiger partial charge is 0.270 e. The number of benzene rings is 2. The Morgan fingerprint density at radius 1 is 1.10 bits per heavy atom. The van der Waals surface area contributed by atoms with Gasteiger partial charge in [0.15, 0.2) is 0 Å². The summed E-state index contributed by atoms with van der Waals surface area (Å²) in [6.45, 7) is 0.728. The van der Waals surface area contributed by atoms with Gasteiger partial charge in [-0.25, -0.2) is 0 Å². The molecule has 0 aliphatic carbocycles. The van der Waals surface area contributed by atoms with Crippen LogP contribution in [0.3, 0.4) is 0 Å². The molecule has 1 aliphatic heterocycles. The Hall–Kier alpha value is -2.33. The third kappa shape index (κ3) is 1.83. The molecule has 2 heterocycles. The zero-order chi connectivity index (χ0) is 14.4. The molecular formula is C17H14N2OS. The first kappa shape index (κ1) is 12.4. The number of hydrogen-bond acceptors (Lipinski definition) is 3. The summed E-state index contributed by atoms with van der Waals surface area (Å²) in [5.74, 6) is 0.0126. The number of nitrogens with zero attached hydrogens (tertiary/aromatic N) is 1. The van der Waals surface area contributed by atoms with Gasteiger partial charge in [0.05, 0.1) is 5.69 Å². The van der Waals surface area contributed by atoms with E-state index in [1.165, 1.54) is 16.9 Å². The Labute approximate surface area is 126 Å². The quantitative estimate of drug-likeness (QED) is 0.744. The lowest BCUT2D eigenvalue weighted by atomic mass is 10.2. The predicted molar refractivity (Wildman–Crippen MR) is 88.1 cm³/mol. The minimum Gasteiger partial charge on any atom is -0.397 e. The largest absolute Gasteiger partial charge is 0.397 e. The van der Waals surface area contributed by atoms with E-state index in [0.717, 1.165) is 28.7 Å². The maximum atomic E-state index is 12.9. The highest BCUT2D eigenvalue weighted by Gasteiger charge is 2.28. The molecule has 1 amide bonds. The molecule has 0 bridgehead atoms. The summed E-state index contributed by atoms with van der Waals surface area (Å²) in [4.78, 5) is 15.3. The molecule has 0 fully saturated rings. The van der Waals surface area contributed by atoms with Crippen LogP contribution in [0.25, 0.3) is 10.1 Å². The van der Waals surface area contributed by atoms with Crippen LogP contribution in [0.2, 0.25) is 0 Å². The van der Waals surface area contributed by atoms with Crippen LogP contribution in [0.5, 0.6) is 0 Å². The summed E-state index contributed by atoms with van der Waals surface area (Å²) in [5, 5.41) is 0.971. The van der Waals surface area contributed by atoms with Crippen molar-refractivity contribution in [3.63, 3.8) is 0 Å². The van der Waals surface area contributed by atoms with Crippen LogP contribution in [0.15, 0.2) is 48.5 Å². The van der Waals surface area contributed by atoms with Crippen molar-refractivity contribution in [1.82, 2.24) is 0 Å². The number of fused-ring (bicyclic) bond motifs is 2. The Bertz CT molecular complexity index is 853. The van der Waals surface area contributed by atoms with E-state index in [0.29, 0.717) is 10.6 Å². The predicted octanol–water partition coefficient (Wildman–Crippen LogP) is 3.69. The van der Waals surface area contributed by atoms with Gasteiger partial charge in [0.2, 0.25) is 0 Å². The van der Waals surface area contributed by atoms with Crippen LogP contribution < -0.4 is 10.6 Å². The number of carbonyl (C=O) groups is 1. The molecule has 4 heteroatoms. The number of thiophene rings is 1. The van der Waals surface area contributed by atoms with E-state index >= 15 is 0 Å². The summed E-state index contributed by atoms with van der Waals surface area (Å²) in [6, 6.07) is 16.0. The topological polar surface area (TPSA) is 46.3 Å². The molecule has 21 heavy (non-hydrogen) atoms. The second-order valence-corrected chi connectivity index (χ2v) is 6.23. The van der Waals surface area contributed by atoms with Gasteiger partial charge in [0.1, 0.15) is 4.88 Å². The van der Waals surface area contributed by atoms with E-state index in [1.54, 1.807) is 0 Å². The second-order valence-electron chi connectivity index (χ2n) is 5.18. The molecule has 0 saturated carbocycles. The number of nitrogen functional groups attached to an aromatic ring is 1. The molecule has 4 rings (SSSR count). The van der Waals surface area contributed by atoms with Crippen LogP contribution in [0.4, 0.5) is 11.4 Å². The minimum atomic E-state index is 0.0126. The lowest BCUT2D eigenvalue weighted by Crippen LogP contribution is -2.28. The standard InChI is InChI=1S/C17H14N2OS/c18-15-12-6-2-4-8-14(12)21-16(15)17(20)19-10-9-11-5-1-3-7-13(11)19/h1-8H,9-10,18H2. The van der Waals surface area contributed by atoms with Crippen LogP contribution in [-0.2, 0) is 6.42 Å². The van der Waals surface area contributed by atoms with Gasteiger partial charge >= 0.3 is 0 Å². The van der Waals surface area contributed by atoms with Crippen molar-refractivity contribution in [1.29, 1.82) is 0 Å². The average molecular weight is 294 g/mol. The maximum Gasteiger partial charge on any atom is 0.270 e. The van der Waals surface area contributed by atoms with Crippen molar-refractivity contribution in [2.75, 3.05) is 17.2 Å². The summed E-state index contributed by atoms with van der Waals surface area (Å²) in [7, 11) is 0. The molecule has 0 radical (unpaired) electrons. The fourth-order valence-electron chi connectivity index (χ4n) is 2.90. The number of anilines is 2. The summed E-state index contributed by atoms with van der Waals surface area (Å²) >= 11 is 1.48. The number of amides is 1. The van der Waals surface area contributed by atoms with Gasteiger partial charge in [-0.3, -0.25) is 4.79 Å². The lowest BCUT2D eigenvalue weighted by Gasteiger charge is -2.16. The highest BCUT2D eigenvalue weighted by atomic mass is 32.1. The Kier molecular flexibility index (Phi) is 2.72. The Morgan fingerprint density at radius 2 is 1.86 bits per heavy atom. The first-order valence-corrected chi connectivity index (χ1v) is 7.74. The van der Waals surface area contributed by atoms with Gasteiger partial charge < -0.3 is 10.6 Å². The normalized spacial score (nSPS) is 13.6. The molecular weight excluding hydrogens is 280 g/mol. The van der Waals surface area contributed by atoms with E-state index in [2.05, 4.69) is 6.07 Å². The molecule has 2 N–H and O–H groups in total. The van der Waals surface area contributed by atoms with Crippen molar-refractivity contribution in [3.8, 4) is 0 Å². The number of para-hydroxylation sites is 1. The van der Waals surface area contributed by atoms with E-state index in [4.69, 9.17) is 5.73 Å². The first-order valence-electron chi connectivity index (χ1n) is 6.92. The van der Waals surface area contributed by atoms with Crippen molar-refractivity contribution >= 4 is 38.7 Å². The summed E-state index contributed by atoms with van der Waals surface area (Å²) in [6.07, 6.45) is 0.909. The van der Waals surface area contributed by atoms with E-state index in [1.807, 2.05) is 47.4 Å². The highest BCUT2D eigenvalue weighted by molar-refractivity contribution is 7.21. The number of rotatable bonds is 1. The van der Waals surface area contributed by atoms with Gasteiger partial charge in [-0.15, -0.1) is 11.3 Å². The third-order valence-electron chi connectivity index (χ3n) is 3.96. The van der Waals surface area contributed by atoms with Gasteiger partial charge in [0, 0.05) is 22.3 Å². The fourth-order valence-corrected chi connectivity index (χ4v) is 3.97. The van der Waals surface area contributed by atoms with Crippen molar-refractivity contribution in [2.45, 2.75) is 6.42 Å². The minimum absolute atomic E-state index is 0.0126. The van der Waals surface area contributed by atoms with Crippen LogP contribution in [-0.4, -0.2) is 12.5 Å². The maximum absolute atomic E-state index is 12.9. The fraction of sp³-hybridized carbons (Fsp3) is 0.118. The van der Waals surface area contributed by atoms with Crippen LogP contribution in [0, 0.1) is 0 Å². The summed E-state index contributed by atoms with van der Waals surface area (Å²) in [5.41, 5.74) is 9.03. The Balaban J connectivity index is 1.80. The van der Waals surface area contributed by atoms with Crippen molar-refractivity contribution in [2.24, 2.45) is 0 Å². The van der Waals surface area contributed by atoms with Gasteiger partial charge in [-0.05, 0) is 24.1 Å². The SMILES string of the molecule is Nc1c(C(=O)N2CCc3ccccc32)sc2ccccc12. The molecule has 1 aromatic heterocycles. The molecule has 0 unspecified atom stereocenters. The molecule has 104 valence electrons. The van der Waals surface area contributed by atoms with Crippen molar-refractivity contribution in [3.05, 3.63) is 59.0 Å². The highest BCUT2D eigenvalue weighted by Crippen LogP contribution is 2.36. The molecule has 0 atom stereocenters. The molecule has 0 spiro atoms. The lowest BCUT2D eigenvalue weighted by molar-refractivity contribution is 0.0994. The molecule has 3 aromatic rings. The van der Waals surface area contributed by atoms with Gasteiger partial charge in [-0.2, -0.15) is 0 Å². The summed E-state index contributed by atoms with van der Waals surface area (Å²) < 4.78 is 1.06. The monoisotopic (exact) mass is 294 g/mol. The van der Waals surface area contributed by atoms with Crippen molar-refractivity contribution < 1.29 is 4.79 Å². The second kappa shape index (κ2) is 4.60. The number of carbonyl (C=O) groups excluding carboxylic acids is 1. The molecule has 3 nitrogen and oxygen atoms in total. The van der Waals surface area contributed by atoms with E-state index < -0.39 is 0 Å². The number of nitrogens with two attached hydrogens (primary N) is 1. The zero-order valence-corrected chi connectivity index (χ0v) is 12.2. The Morgan fingerprint density at radius 3 is 2.71 bits per heavy atom. The molecule has 0 saturated heterocycles. The van der Waals surface area contributed by atoms with E-state index in [-0.39, 0.29) is 5.91 Å². The van der Waals surface area contributed by atoms with Crippen LogP contribution >= 0.6 is 11.3 Å². The van der Waals surface area contributed by atoms with Gasteiger partial charge in [-0.1, -0.05) is 36.4 Å². The first-order chi connectivity index (χ1) is 10.3. The number of hydrogen-bond donors (Lipinski definition) is 1. The van der Waals surface area contributed by atoms with Gasteiger partial charge in [0.25, 0.3) is 5.91 Å².